The van der Waals surface area contributed by atoms with Gasteiger partial charge in [0.25, 0.3) is 12.6 Å². The number of amidine groups is 1. The van der Waals surface area contributed by atoms with Gasteiger partial charge in [-0.25, -0.2) is 14.0 Å². The summed E-state index contributed by atoms with van der Waals surface area (Å²) in [6.07, 6.45) is 2.03. The second-order valence-electron chi connectivity index (χ2n) is 9.90. The maximum atomic E-state index is 13.8. The number of rotatable bonds is 7. The normalized spacial score (nSPS) is 14.4. The summed E-state index contributed by atoms with van der Waals surface area (Å²) in [6, 6.07) is 19.7. The number of carbonyl (C=O) groups is 1. The van der Waals surface area contributed by atoms with Crippen LogP contribution in [0.2, 0.25) is 12.6 Å². The number of nitrogens with two attached hydrogens (primary N) is 1. The molecule has 1 aliphatic heterocycles. The molecule has 1 amide bonds. The average molecular weight is 550 g/mol. The van der Waals surface area contributed by atoms with Gasteiger partial charge >= 0.3 is 0 Å². The Morgan fingerprint density at radius 2 is 1.80 bits per heavy atom. The zero-order chi connectivity index (χ0) is 29.1. The van der Waals surface area contributed by atoms with Crippen LogP contribution in [0.15, 0.2) is 78.9 Å². The lowest BCUT2D eigenvalue weighted by Crippen LogP contribution is -2.15. The second-order valence-corrected chi connectivity index (χ2v) is 9.90. The number of halogens is 2. The van der Waals surface area contributed by atoms with Crippen LogP contribution in [0, 0.1) is 28.3 Å². The maximum Gasteiger partial charge on any atom is 0.271 e. The lowest BCUT2D eigenvalue weighted by Gasteiger charge is -2.19. The van der Waals surface area contributed by atoms with E-state index in [0.717, 1.165) is 30.4 Å². The number of carbonyl (C=O) groups excluding carboxylic acids is 1. The molecule has 0 bridgehead atoms. The van der Waals surface area contributed by atoms with Crippen LogP contribution in [0.3, 0.4) is 0 Å². The number of nitrogens with zero attached hydrogens (tertiary/aromatic N) is 1. The Labute approximate surface area is 235 Å². The number of aromatic hydroxyl groups is 1. The van der Waals surface area contributed by atoms with Gasteiger partial charge < -0.3 is 20.9 Å². The predicted molar refractivity (Wildman–Crippen MR) is 154 cm³/mol. The second kappa shape index (κ2) is 11.5. The Bertz CT molecular complexity index is 1710. The van der Waals surface area contributed by atoms with Gasteiger partial charge in [-0.1, -0.05) is 30.6 Å². The van der Waals surface area contributed by atoms with E-state index in [4.69, 9.17) is 15.9 Å². The fourth-order valence-electron chi connectivity index (χ4n) is 4.91. The van der Waals surface area contributed by atoms with Gasteiger partial charge in [-0.2, -0.15) is 0 Å². The van der Waals surface area contributed by atoms with Gasteiger partial charge in [0.1, 0.15) is 17.3 Å². The highest BCUT2D eigenvalue weighted by atomic mass is 19.2. The molecule has 4 aromatic rings. The van der Waals surface area contributed by atoms with Crippen molar-refractivity contribution in [3.8, 4) is 39.7 Å². The third kappa shape index (κ3) is 6.04. The van der Waals surface area contributed by atoms with Crippen LogP contribution in [-0.2, 0) is 0 Å². The number of hydrogen-bond acceptors (Lipinski definition) is 5. The summed E-state index contributed by atoms with van der Waals surface area (Å²) in [7, 11) is 0. The molecule has 10 heteroatoms. The Morgan fingerprint density at radius 1 is 1.00 bits per heavy atom. The fourth-order valence-corrected chi connectivity index (χ4v) is 4.91. The van der Waals surface area contributed by atoms with Gasteiger partial charge in [0.05, 0.1) is 6.10 Å². The Balaban J connectivity index is 1.46. The standard InChI is InChI=1S/C31H25BF2N4O3/c33-26-7-4-19(14-27(26)34)24-13-21(5-8-28(24)39)31(40)38-22-6-9-29(41-23-10-11-32(16-23)17-35)25(15-22)18-2-1-3-20(12-18)30(36)37/h1-9,12-15,23,39H,10-11,16H2,(H3,36,37)(H,38,40). The third-order valence-corrected chi connectivity index (χ3v) is 7.07. The molecule has 41 heavy (non-hydrogen) atoms. The van der Waals surface area contributed by atoms with Crippen molar-refractivity contribution in [3.63, 3.8) is 0 Å². The van der Waals surface area contributed by atoms with Crippen LogP contribution < -0.4 is 15.8 Å². The van der Waals surface area contributed by atoms with Gasteiger partial charge in [0, 0.05) is 33.9 Å². The lowest BCUT2D eigenvalue weighted by atomic mass is 9.50. The van der Waals surface area contributed by atoms with Crippen molar-refractivity contribution in [2.75, 3.05) is 5.32 Å². The summed E-state index contributed by atoms with van der Waals surface area (Å²) in [5, 5.41) is 30.3. The van der Waals surface area contributed by atoms with E-state index in [2.05, 4.69) is 11.3 Å². The molecule has 1 unspecified atom stereocenters. The van der Waals surface area contributed by atoms with E-state index in [1.807, 2.05) is 6.07 Å². The minimum atomic E-state index is -1.07. The van der Waals surface area contributed by atoms with Crippen LogP contribution >= 0.6 is 0 Å². The number of phenols is 1. The van der Waals surface area contributed by atoms with E-state index in [-0.39, 0.29) is 41.1 Å². The summed E-state index contributed by atoms with van der Waals surface area (Å²) in [6.45, 7) is -0.0512. The number of phenolic OH excluding ortho intramolecular Hbond substituents is 1. The SMILES string of the molecule is N#CB1CCC(Oc2ccc(NC(=O)c3ccc(O)c(-c4ccc(F)c(F)c4)c3)cc2-c2cccc(C(=N)N)c2)C1. The number of amides is 1. The maximum absolute atomic E-state index is 13.8. The van der Waals surface area contributed by atoms with Crippen LogP contribution in [0.4, 0.5) is 14.5 Å². The van der Waals surface area contributed by atoms with E-state index in [1.54, 1.807) is 36.4 Å². The molecule has 4 aromatic carbocycles. The summed E-state index contributed by atoms with van der Waals surface area (Å²) in [4.78, 5) is 13.2. The Hall–Kier alpha value is -5.17. The topological polar surface area (TPSA) is 132 Å². The third-order valence-electron chi connectivity index (χ3n) is 7.07. The highest BCUT2D eigenvalue weighted by Crippen LogP contribution is 2.37. The van der Waals surface area contributed by atoms with Crippen LogP contribution in [0.1, 0.15) is 22.3 Å². The summed E-state index contributed by atoms with van der Waals surface area (Å²) in [5.41, 5.74) is 8.67. The number of benzene rings is 4. The monoisotopic (exact) mass is 550 g/mol. The number of ether oxygens (including phenoxy) is 1. The molecule has 0 aliphatic carbocycles. The van der Waals surface area contributed by atoms with Gasteiger partial charge in [0.15, 0.2) is 11.6 Å². The first-order valence-electron chi connectivity index (χ1n) is 13.0. The summed E-state index contributed by atoms with van der Waals surface area (Å²) >= 11 is 0. The predicted octanol–water partition coefficient (Wildman–Crippen LogP) is 6.25. The molecule has 1 fully saturated rings. The molecule has 204 valence electrons. The first-order valence-corrected chi connectivity index (χ1v) is 13.0. The van der Waals surface area contributed by atoms with E-state index in [1.165, 1.54) is 24.3 Å². The van der Waals surface area contributed by atoms with E-state index in [0.29, 0.717) is 28.9 Å². The molecule has 0 spiro atoms. The molecule has 1 atom stereocenters. The van der Waals surface area contributed by atoms with E-state index < -0.39 is 17.5 Å². The fraction of sp³-hybridized carbons (Fsp3) is 0.129. The van der Waals surface area contributed by atoms with Crippen LogP contribution in [0.25, 0.3) is 22.3 Å². The smallest absolute Gasteiger partial charge is 0.271 e. The molecular weight excluding hydrogens is 525 g/mol. The van der Waals surface area contributed by atoms with Crippen LogP contribution in [-0.4, -0.2) is 29.7 Å². The van der Waals surface area contributed by atoms with E-state index >= 15 is 0 Å². The zero-order valence-electron chi connectivity index (χ0n) is 21.8. The van der Waals surface area contributed by atoms with Crippen molar-refractivity contribution >= 4 is 24.1 Å². The first kappa shape index (κ1) is 27.4. The molecule has 0 saturated carbocycles. The van der Waals surface area contributed by atoms with Crippen molar-refractivity contribution in [1.82, 2.24) is 0 Å². The molecule has 1 heterocycles. The van der Waals surface area contributed by atoms with Crippen molar-refractivity contribution in [3.05, 3.63) is 102 Å². The minimum Gasteiger partial charge on any atom is -0.507 e. The average Bonchev–Trinajstić information content (AvgIpc) is 3.43. The molecule has 5 N–H and O–H groups in total. The van der Waals surface area contributed by atoms with Gasteiger partial charge in [-0.05, 0) is 78.5 Å². The largest absolute Gasteiger partial charge is 0.507 e. The van der Waals surface area contributed by atoms with E-state index in [9.17, 15) is 23.9 Å². The molecule has 1 aliphatic rings. The lowest BCUT2D eigenvalue weighted by molar-refractivity contribution is 0.102. The summed E-state index contributed by atoms with van der Waals surface area (Å²) < 4.78 is 33.5. The molecule has 0 aromatic heterocycles. The Kier molecular flexibility index (Phi) is 7.70. The quantitative estimate of drug-likeness (QED) is 0.123. The minimum absolute atomic E-state index is 0.0512. The van der Waals surface area contributed by atoms with Crippen molar-refractivity contribution < 1.29 is 23.4 Å². The first-order chi connectivity index (χ1) is 19.7. The highest BCUT2D eigenvalue weighted by Gasteiger charge is 2.30. The number of nitrogens with one attached hydrogen (secondary N) is 2. The molecule has 0 radical (unpaired) electrons. The van der Waals surface area contributed by atoms with Crippen molar-refractivity contribution in [2.45, 2.75) is 25.2 Å². The van der Waals surface area contributed by atoms with Gasteiger partial charge in [-0.15, -0.1) is 0 Å². The number of hydrogen-bond donors (Lipinski definition) is 4. The number of anilines is 1. The molecule has 1 saturated heterocycles. The Morgan fingerprint density at radius 3 is 2.54 bits per heavy atom. The van der Waals surface area contributed by atoms with Gasteiger partial charge in [0.2, 0.25) is 0 Å². The molecular formula is C31H25BF2N4O3. The highest BCUT2D eigenvalue weighted by molar-refractivity contribution is 6.67. The van der Waals surface area contributed by atoms with Crippen LogP contribution in [0.5, 0.6) is 11.5 Å². The number of nitrogen functional groups attached to an aromatic ring is 1. The molecule has 7 nitrogen and oxygen atoms in total. The molecule has 5 rings (SSSR count). The van der Waals surface area contributed by atoms with Crippen molar-refractivity contribution in [1.29, 1.82) is 10.7 Å². The zero-order valence-corrected chi connectivity index (χ0v) is 21.8. The summed E-state index contributed by atoms with van der Waals surface area (Å²) in [5.74, 6) is 0.0189. The number of nitriles is 1. The van der Waals surface area contributed by atoms with Crippen molar-refractivity contribution in [2.24, 2.45) is 5.73 Å². The van der Waals surface area contributed by atoms with Gasteiger partial charge in [-0.3, -0.25) is 10.2 Å².